The SMILES string of the molecule is CC(C)NCc1ccc(S(=O)(=O)Nc2cccc3c(Cl)c[nH]c23)cc1. The fourth-order valence-corrected chi connectivity index (χ4v) is 3.80. The molecule has 25 heavy (non-hydrogen) atoms. The van der Waals surface area contributed by atoms with E-state index in [1.807, 2.05) is 18.2 Å². The number of hydrogen-bond acceptors (Lipinski definition) is 3. The maximum Gasteiger partial charge on any atom is 0.261 e. The van der Waals surface area contributed by atoms with Crippen molar-refractivity contribution in [1.29, 1.82) is 0 Å². The molecule has 0 aliphatic heterocycles. The summed E-state index contributed by atoms with van der Waals surface area (Å²) in [5, 5.41) is 4.63. The normalized spacial score (nSPS) is 12.0. The highest BCUT2D eigenvalue weighted by molar-refractivity contribution is 7.92. The zero-order valence-corrected chi connectivity index (χ0v) is 15.6. The van der Waals surface area contributed by atoms with Crippen LogP contribution in [0.5, 0.6) is 0 Å². The number of halogens is 1. The molecule has 0 saturated heterocycles. The van der Waals surface area contributed by atoms with Crippen LogP contribution < -0.4 is 10.0 Å². The minimum Gasteiger partial charge on any atom is -0.358 e. The zero-order valence-electron chi connectivity index (χ0n) is 14.0. The van der Waals surface area contributed by atoms with Crippen LogP contribution in [0.2, 0.25) is 5.02 Å². The van der Waals surface area contributed by atoms with Gasteiger partial charge in [-0.05, 0) is 23.8 Å². The predicted molar refractivity (Wildman–Crippen MR) is 103 cm³/mol. The Bertz CT molecular complexity index is 979. The van der Waals surface area contributed by atoms with Crippen molar-refractivity contribution in [3.8, 4) is 0 Å². The van der Waals surface area contributed by atoms with Crippen molar-refractivity contribution in [2.75, 3.05) is 4.72 Å². The van der Waals surface area contributed by atoms with Gasteiger partial charge < -0.3 is 10.3 Å². The van der Waals surface area contributed by atoms with Gasteiger partial charge in [0.05, 0.1) is 21.1 Å². The lowest BCUT2D eigenvalue weighted by Crippen LogP contribution is -2.21. The predicted octanol–water partition coefficient (Wildman–Crippen LogP) is 4.12. The second-order valence-corrected chi connectivity index (χ2v) is 8.24. The summed E-state index contributed by atoms with van der Waals surface area (Å²) in [5.41, 5.74) is 2.16. The first-order chi connectivity index (χ1) is 11.9. The molecule has 5 nitrogen and oxygen atoms in total. The summed E-state index contributed by atoms with van der Waals surface area (Å²) in [4.78, 5) is 3.22. The average Bonchev–Trinajstić information content (AvgIpc) is 2.96. The number of H-pyrrole nitrogens is 1. The molecule has 132 valence electrons. The summed E-state index contributed by atoms with van der Waals surface area (Å²) in [6, 6.07) is 12.5. The Morgan fingerprint density at radius 2 is 1.84 bits per heavy atom. The summed E-state index contributed by atoms with van der Waals surface area (Å²) in [5.74, 6) is 0. The summed E-state index contributed by atoms with van der Waals surface area (Å²) < 4.78 is 27.9. The Morgan fingerprint density at radius 1 is 1.12 bits per heavy atom. The Hall–Kier alpha value is -2.02. The van der Waals surface area contributed by atoms with Crippen LogP contribution >= 0.6 is 11.6 Å². The van der Waals surface area contributed by atoms with Crippen molar-refractivity contribution in [2.24, 2.45) is 0 Å². The molecule has 0 bridgehead atoms. The molecule has 7 heteroatoms. The molecule has 0 amide bonds. The van der Waals surface area contributed by atoms with Gasteiger partial charge in [0.15, 0.2) is 0 Å². The van der Waals surface area contributed by atoms with Crippen LogP contribution in [-0.4, -0.2) is 19.4 Å². The van der Waals surface area contributed by atoms with E-state index in [1.165, 1.54) is 0 Å². The van der Waals surface area contributed by atoms with Crippen LogP contribution in [0.3, 0.4) is 0 Å². The zero-order chi connectivity index (χ0) is 18.0. The number of hydrogen-bond donors (Lipinski definition) is 3. The Morgan fingerprint density at radius 3 is 2.52 bits per heavy atom. The average molecular weight is 378 g/mol. The minimum absolute atomic E-state index is 0.218. The topological polar surface area (TPSA) is 74.0 Å². The van der Waals surface area contributed by atoms with Gasteiger partial charge in [0, 0.05) is 24.2 Å². The lowest BCUT2D eigenvalue weighted by atomic mass is 10.2. The van der Waals surface area contributed by atoms with Crippen molar-refractivity contribution in [2.45, 2.75) is 31.3 Å². The third kappa shape index (κ3) is 3.98. The molecular weight excluding hydrogens is 358 g/mol. The molecule has 2 aromatic carbocycles. The van der Waals surface area contributed by atoms with E-state index in [0.29, 0.717) is 28.8 Å². The Kier molecular flexibility index (Phi) is 5.03. The molecule has 0 aliphatic rings. The maximum absolute atomic E-state index is 12.7. The monoisotopic (exact) mass is 377 g/mol. The van der Waals surface area contributed by atoms with Crippen LogP contribution in [0.1, 0.15) is 19.4 Å². The van der Waals surface area contributed by atoms with Gasteiger partial charge in [-0.25, -0.2) is 8.42 Å². The van der Waals surface area contributed by atoms with E-state index in [0.717, 1.165) is 10.9 Å². The number of rotatable bonds is 6. The second-order valence-electron chi connectivity index (χ2n) is 6.15. The van der Waals surface area contributed by atoms with Crippen LogP contribution in [-0.2, 0) is 16.6 Å². The van der Waals surface area contributed by atoms with E-state index in [9.17, 15) is 8.42 Å². The number of para-hydroxylation sites is 1. The minimum atomic E-state index is -3.68. The molecule has 0 spiro atoms. The Labute approximate surface area is 152 Å². The number of fused-ring (bicyclic) bond motifs is 1. The third-order valence-electron chi connectivity index (χ3n) is 3.86. The van der Waals surface area contributed by atoms with Crippen molar-refractivity contribution < 1.29 is 8.42 Å². The molecular formula is C18H20ClN3O2S. The highest BCUT2D eigenvalue weighted by Crippen LogP contribution is 2.29. The molecule has 0 atom stereocenters. The number of sulfonamides is 1. The van der Waals surface area contributed by atoms with Crippen molar-refractivity contribution >= 4 is 38.2 Å². The molecule has 0 unspecified atom stereocenters. The van der Waals surface area contributed by atoms with E-state index in [4.69, 9.17) is 11.6 Å². The van der Waals surface area contributed by atoms with Gasteiger partial charge in [0.1, 0.15) is 0 Å². The van der Waals surface area contributed by atoms with Gasteiger partial charge >= 0.3 is 0 Å². The first-order valence-electron chi connectivity index (χ1n) is 7.97. The van der Waals surface area contributed by atoms with E-state index in [-0.39, 0.29) is 4.90 Å². The number of nitrogens with one attached hydrogen (secondary N) is 3. The van der Waals surface area contributed by atoms with Gasteiger partial charge in [-0.3, -0.25) is 4.72 Å². The molecule has 1 heterocycles. The van der Waals surface area contributed by atoms with Crippen molar-refractivity contribution in [3.05, 3.63) is 59.2 Å². The van der Waals surface area contributed by atoms with Gasteiger partial charge in [-0.1, -0.05) is 49.7 Å². The highest BCUT2D eigenvalue weighted by Gasteiger charge is 2.16. The molecule has 0 aliphatic carbocycles. The van der Waals surface area contributed by atoms with Gasteiger partial charge in [-0.2, -0.15) is 0 Å². The molecule has 0 fully saturated rings. The fourth-order valence-electron chi connectivity index (χ4n) is 2.52. The first-order valence-corrected chi connectivity index (χ1v) is 9.83. The quantitative estimate of drug-likeness (QED) is 0.605. The molecule has 3 N–H and O–H groups in total. The van der Waals surface area contributed by atoms with Gasteiger partial charge in [0.25, 0.3) is 10.0 Å². The summed E-state index contributed by atoms with van der Waals surface area (Å²) in [6.07, 6.45) is 1.64. The molecule has 3 aromatic rings. The van der Waals surface area contributed by atoms with Crippen LogP contribution in [0.15, 0.2) is 53.6 Å². The summed E-state index contributed by atoms with van der Waals surface area (Å²) in [7, 11) is -3.68. The number of aromatic nitrogens is 1. The first kappa shape index (κ1) is 17.8. The third-order valence-corrected chi connectivity index (χ3v) is 5.55. The lowest BCUT2D eigenvalue weighted by molar-refractivity contribution is 0.588. The highest BCUT2D eigenvalue weighted by atomic mass is 35.5. The van der Waals surface area contributed by atoms with Crippen molar-refractivity contribution in [1.82, 2.24) is 10.3 Å². The molecule has 1 aromatic heterocycles. The molecule has 3 rings (SSSR count). The maximum atomic E-state index is 12.7. The second kappa shape index (κ2) is 7.07. The van der Waals surface area contributed by atoms with Crippen LogP contribution in [0, 0.1) is 0 Å². The number of aromatic amines is 1. The summed E-state index contributed by atoms with van der Waals surface area (Å²) >= 11 is 6.09. The van der Waals surface area contributed by atoms with Crippen molar-refractivity contribution in [3.63, 3.8) is 0 Å². The smallest absolute Gasteiger partial charge is 0.261 e. The number of benzene rings is 2. The van der Waals surface area contributed by atoms with E-state index >= 15 is 0 Å². The molecule has 0 radical (unpaired) electrons. The Balaban J connectivity index is 1.84. The standard InChI is InChI=1S/C18H20ClN3O2S/c1-12(2)20-10-13-6-8-14(9-7-13)25(23,24)22-17-5-3-4-15-16(19)11-21-18(15)17/h3-9,11-12,20-22H,10H2,1-2H3. The summed E-state index contributed by atoms with van der Waals surface area (Å²) in [6.45, 7) is 4.83. The number of anilines is 1. The van der Waals surface area contributed by atoms with Gasteiger partial charge in [0.2, 0.25) is 0 Å². The molecule has 0 saturated carbocycles. The van der Waals surface area contributed by atoms with E-state index in [2.05, 4.69) is 28.9 Å². The van der Waals surface area contributed by atoms with Gasteiger partial charge in [-0.15, -0.1) is 0 Å². The fraction of sp³-hybridized carbons (Fsp3) is 0.222. The van der Waals surface area contributed by atoms with E-state index in [1.54, 1.807) is 30.5 Å². The largest absolute Gasteiger partial charge is 0.358 e. The van der Waals surface area contributed by atoms with E-state index < -0.39 is 10.0 Å². The van der Waals surface area contributed by atoms with Crippen LogP contribution in [0.25, 0.3) is 10.9 Å². The lowest BCUT2D eigenvalue weighted by Gasteiger charge is -2.11. The van der Waals surface area contributed by atoms with Crippen LogP contribution in [0.4, 0.5) is 5.69 Å².